The molecule has 1 rings (SSSR count). The Morgan fingerprint density at radius 3 is 1.66 bits per heavy atom. The van der Waals surface area contributed by atoms with Gasteiger partial charge in [-0.1, -0.05) is 142 Å². The number of hydrogen-bond acceptors (Lipinski definition) is 11. The van der Waals surface area contributed by atoms with Crippen molar-refractivity contribution in [3.05, 3.63) is 109 Å². The fraction of sp³-hybridized carbons (Fsp3) is 0.592. The van der Waals surface area contributed by atoms with Gasteiger partial charge in [0.25, 0.3) is 10.1 Å². The number of aliphatic hydroxyl groups excluding tert-OH is 3. The largest absolute Gasteiger partial charge is 0.462 e. The standard InChI is InChI=1S/C49H76O12S/c1-3-5-7-9-11-13-15-17-18-19-20-21-22-23-24-26-27-29-31-33-35-37-44(50)58-39-42(40-59-49-48(54)47(53)46(52)43(61-49)41-62(55,56)57)60-45(51)38-36-34-32-30-28-25-16-14-12-10-8-6-4-2/h6,8,10-14,16-18,20-21,23-25,27-29,42-43,46-49,52-54H,3-5,7,9,15,19,22,26,30-41H2,1-2H3,(H,55,56,57)/b8-6+,12-10+,13-11+,16-14+,18-17+,21-20+,24-23+,28-25+,29-27+/t42?,43-,46-,47?,48?,49+/m1/s1. The number of rotatable bonds is 35. The second-order valence-electron chi connectivity index (χ2n) is 15.1. The van der Waals surface area contributed by atoms with Gasteiger partial charge in [0, 0.05) is 12.8 Å². The molecule has 3 unspecified atom stereocenters. The van der Waals surface area contributed by atoms with Gasteiger partial charge in [-0.25, -0.2) is 0 Å². The van der Waals surface area contributed by atoms with Crippen molar-refractivity contribution in [3.8, 4) is 0 Å². The van der Waals surface area contributed by atoms with Crippen molar-refractivity contribution in [2.45, 2.75) is 166 Å². The van der Waals surface area contributed by atoms with Crippen LogP contribution in [-0.4, -0.2) is 96.0 Å². The molecule has 0 aromatic heterocycles. The molecule has 0 radical (unpaired) electrons. The molecule has 1 heterocycles. The summed E-state index contributed by atoms with van der Waals surface area (Å²) in [6, 6.07) is 0. The van der Waals surface area contributed by atoms with E-state index in [0.29, 0.717) is 12.8 Å². The van der Waals surface area contributed by atoms with Gasteiger partial charge < -0.3 is 34.3 Å². The Bertz CT molecular complexity index is 1560. The Kier molecular flexibility index (Phi) is 34.4. The molecule has 6 atom stereocenters. The number of aliphatic hydroxyl groups is 3. The zero-order chi connectivity index (χ0) is 45.5. The molecule has 0 saturated carbocycles. The quantitative estimate of drug-likeness (QED) is 0.0156. The van der Waals surface area contributed by atoms with Gasteiger partial charge in [0.15, 0.2) is 12.4 Å². The van der Waals surface area contributed by atoms with E-state index in [0.717, 1.165) is 64.2 Å². The lowest BCUT2D eigenvalue weighted by atomic mass is 10.00. The van der Waals surface area contributed by atoms with Crippen LogP contribution in [0.15, 0.2) is 109 Å². The molecule has 12 nitrogen and oxygen atoms in total. The SMILES string of the molecule is CC/C=C/C=C/C=C/C=C/CCCCCC(=O)OC(COC(=O)CCCC/C=C/C/C=C/C/C=C/C/C=C/C/C=C/CCCCC)CO[C@H]1O[C@H](CS(=O)(=O)O)[C@@H](O)C(O)C1O. The second kappa shape index (κ2) is 37.8. The van der Waals surface area contributed by atoms with Crippen LogP contribution < -0.4 is 0 Å². The first-order chi connectivity index (χ1) is 30.0. The van der Waals surface area contributed by atoms with E-state index in [1.165, 1.54) is 25.7 Å². The number of ether oxygens (including phenoxy) is 4. The summed E-state index contributed by atoms with van der Waals surface area (Å²) in [7, 11) is -4.62. The summed E-state index contributed by atoms with van der Waals surface area (Å²) in [4.78, 5) is 25.4. The minimum Gasteiger partial charge on any atom is -0.462 e. The molecule has 1 saturated heterocycles. The molecular formula is C49H76O12S. The average Bonchev–Trinajstić information content (AvgIpc) is 3.24. The molecule has 0 aromatic carbocycles. The summed E-state index contributed by atoms with van der Waals surface area (Å²) >= 11 is 0. The average molecular weight is 889 g/mol. The maximum absolute atomic E-state index is 12.8. The summed E-state index contributed by atoms with van der Waals surface area (Å²) in [6.45, 7) is 3.49. The van der Waals surface area contributed by atoms with Crippen molar-refractivity contribution in [1.29, 1.82) is 0 Å². The van der Waals surface area contributed by atoms with E-state index < -0.39 is 71.2 Å². The van der Waals surface area contributed by atoms with Crippen LogP contribution in [0, 0.1) is 0 Å². The van der Waals surface area contributed by atoms with Gasteiger partial charge in [0.05, 0.1) is 6.61 Å². The van der Waals surface area contributed by atoms with Crippen LogP contribution >= 0.6 is 0 Å². The topological polar surface area (TPSA) is 186 Å². The first-order valence-electron chi connectivity index (χ1n) is 22.5. The minimum atomic E-state index is -4.62. The third-order valence-corrected chi connectivity index (χ3v) is 10.2. The Balaban J connectivity index is 2.50. The van der Waals surface area contributed by atoms with Crippen LogP contribution in [0.5, 0.6) is 0 Å². The van der Waals surface area contributed by atoms with Crippen LogP contribution in [-0.2, 0) is 38.7 Å². The molecule has 0 aromatic rings. The number of carbonyl (C=O) groups excluding carboxylic acids is 2. The molecule has 1 aliphatic rings. The van der Waals surface area contributed by atoms with E-state index in [2.05, 4.69) is 86.8 Å². The Labute approximate surface area is 372 Å². The van der Waals surface area contributed by atoms with Crippen molar-refractivity contribution >= 4 is 22.1 Å². The van der Waals surface area contributed by atoms with Gasteiger partial charge in [-0.15, -0.1) is 0 Å². The predicted octanol–water partition coefficient (Wildman–Crippen LogP) is 9.22. The number of hydrogen-bond donors (Lipinski definition) is 4. The van der Waals surface area contributed by atoms with Crippen molar-refractivity contribution < 1.29 is 56.8 Å². The van der Waals surface area contributed by atoms with Gasteiger partial charge in [-0.05, 0) is 83.5 Å². The van der Waals surface area contributed by atoms with E-state index in [4.69, 9.17) is 18.9 Å². The lowest BCUT2D eigenvalue weighted by molar-refractivity contribution is -0.297. The number of allylic oxidation sites excluding steroid dienone is 18. The zero-order valence-electron chi connectivity index (χ0n) is 37.2. The molecule has 0 bridgehead atoms. The van der Waals surface area contributed by atoms with Gasteiger partial charge in [-0.2, -0.15) is 8.42 Å². The fourth-order valence-corrected chi connectivity index (χ4v) is 6.63. The number of unbranched alkanes of at least 4 members (excludes halogenated alkanes) is 8. The van der Waals surface area contributed by atoms with Crippen molar-refractivity contribution in [3.63, 3.8) is 0 Å². The van der Waals surface area contributed by atoms with Crippen LogP contribution in [0.2, 0.25) is 0 Å². The Morgan fingerprint density at radius 1 is 0.581 bits per heavy atom. The third kappa shape index (κ3) is 32.1. The highest BCUT2D eigenvalue weighted by Gasteiger charge is 2.46. The van der Waals surface area contributed by atoms with Crippen molar-refractivity contribution in [2.75, 3.05) is 19.0 Å². The molecule has 0 amide bonds. The summed E-state index contributed by atoms with van der Waals surface area (Å²) in [5.41, 5.74) is 0. The minimum absolute atomic E-state index is 0.101. The smallest absolute Gasteiger partial charge is 0.306 e. The first kappa shape index (κ1) is 56.3. The maximum Gasteiger partial charge on any atom is 0.306 e. The van der Waals surface area contributed by atoms with Crippen molar-refractivity contribution in [2.24, 2.45) is 0 Å². The molecule has 0 spiro atoms. The molecule has 1 aliphatic heterocycles. The highest BCUT2D eigenvalue weighted by atomic mass is 32.2. The van der Waals surface area contributed by atoms with Crippen LogP contribution in [0.3, 0.4) is 0 Å². The normalized spacial score (nSPS) is 20.9. The van der Waals surface area contributed by atoms with Crippen LogP contribution in [0.4, 0.5) is 0 Å². The summed E-state index contributed by atoms with van der Waals surface area (Å²) in [5, 5.41) is 30.9. The summed E-state index contributed by atoms with van der Waals surface area (Å²) in [6.07, 6.45) is 42.8. The lowest BCUT2D eigenvalue weighted by Crippen LogP contribution is -2.60. The van der Waals surface area contributed by atoms with E-state index in [9.17, 15) is 37.9 Å². The highest BCUT2D eigenvalue weighted by molar-refractivity contribution is 7.85. The molecule has 0 aliphatic carbocycles. The molecule has 62 heavy (non-hydrogen) atoms. The predicted molar refractivity (Wildman–Crippen MR) is 247 cm³/mol. The van der Waals surface area contributed by atoms with Crippen LogP contribution in [0.25, 0.3) is 0 Å². The van der Waals surface area contributed by atoms with E-state index in [1.54, 1.807) is 0 Å². The number of carbonyl (C=O) groups is 2. The van der Waals surface area contributed by atoms with Gasteiger partial charge in [0.1, 0.15) is 36.8 Å². The maximum atomic E-state index is 12.8. The van der Waals surface area contributed by atoms with E-state index >= 15 is 0 Å². The highest BCUT2D eigenvalue weighted by Crippen LogP contribution is 2.24. The third-order valence-electron chi connectivity index (χ3n) is 9.43. The summed E-state index contributed by atoms with van der Waals surface area (Å²) in [5.74, 6) is -2.11. The first-order valence-corrected chi connectivity index (χ1v) is 24.1. The Hall–Kier alpha value is -3.69. The van der Waals surface area contributed by atoms with Crippen molar-refractivity contribution in [1.82, 2.24) is 0 Å². The second-order valence-corrected chi connectivity index (χ2v) is 16.6. The van der Waals surface area contributed by atoms with Crippen LogP contribution in [0.1, 0.15) is 129 Å². The Morgan fingerprint density at radius 2 is 1.08 bits per heavy atom. The summed E-state index contributed by atoms with van der Waals surface area (Å²) < 4.78 is 53.9. The molecular weight excluding hydrogens is 813 g/mol. The van der Waals surface area contributed by atoms with E-state index in [-0.39, 0.29) is 19.4 Å². The van der Waals surface area contributed by atoms with Gasteiger partial charge >= 0.3 is 11.9 Å². The zero-order valence-corrected chi connectivity index (χ0v) is 38.0. The monoisotopic (exact) mass is 889 g/mol. The lowest BCUT2D eigenvalue weighted by Gasteiger charge is -2.40. The van der Waals surface area contributed by atoms with Gasteiger partial charge in [-0.3, -0.25) is 14.1 Å². The molecule has 13 heteroatoms. The van der Waals surface area contributed by atoms with E-state index in [1.807, 2.05) is 36.5 Å². The van der Waals surface area contributed by atoms with Gasteiger partial charge in [0.2, 0.25) is 0 Å². The molecule has 350 valence electrons. The fourth-order valence-electron chi connectivity index (χ4n) is 5.94. The number of esters is 2. The molecule has 1 fully saturated rings. The molecule has 4 N–H and O–H groups in total.